The minimum Gasteiger partial charge on any atom is -0.490 e. The van der Waals surface area contributed by atoms with Crippen LogP contribution in [0, 0.1) is 17.1 Å². The molecule has 1 aromatic rings. The number of amides is 1. The van der Waals surface area contributed by atoms with Gasteiger partial charge in [0, 0.05) is 6.04 Å². The van der Waals surface area contributed by atoms with Crippen molar-refractivity contribution < 1.29 is 13.9 Å². The molecule has 1 saturated carbocycles. The standard InChI is InChI=1S/C13H13FN2O2/c14-11-7-9(8-15)1-4-12(11)18-6-5-13(17)16-10-2-3-10/h1,4,7,10H,2-3,5-6H2,(H,16,17). The quantitative estimate of drug-likeness (QED) is 0.863. The predicted molar refractivity (Wildman–Crippen MR) is 62.4 cm³/mol. The Morgan fingerprint density at radius 1 is 1.56 bits per heavy atom. The summed E-state index contributed by atoms with van der Waals surface area (Å²) in [4.78, 5) is 11.3. The molecule has 0 bridgehead atoms. The van der Waals surface area contributed by atoms with Gasteiger partial charge in [-0.1, -0.05) is 0 Å². The zero-order valence-electron chi connectivity index (χ0n) is 9.78. The molecule has 0 radical (unpaired) electrons. The zero-order valence-corrected chi connectivity index (χ0v) is 9.78. The molecule has 0 heterocycles. The first-order valence-corrected chi connectivity index (χ1v) is 5.81. The molecule has 1 aliphatic rings. The number of nitrogens with zero attached hydrogens (tertiary/aromatic N) is 1. The molecule has 5 heteroatoms. The van der Waals surface area contributed by atoms with Gasteiger partial charge >= 0.3 is 0 Å². The van der Waals surface area contributed by atoms with Gasteiger partial charge in [-0.3, -0.25) is 4.79 Å². The van der Waals surface area contributed by atoms with E-state index in [4.69, 9.17) is 10.00 Å². The van der Waals surface area contributed by atoms with Crippen molar-refractivity contribution in [2.75, 3.05) is 6.61 Å². The van der Waals surface area contributed by atoms with E-state index in [0.717, 1.165) is 18.9 Å². The third kappa shape index (κ3) is 3.45. The van der Waals surface area contributed by atoms with Gasteiger partial charge < -0.3 is 10.1 Å². The van der Waals surface area contributed by atoms with E-state index in [2.05, 4.69) is 5.32 Å². The lowest BCUT2D eigenvalue weighted by molar-refractivity contribution is -0.121. The van der Waals surface area contributed by atoms with Crippen LogP contribution >= 0.6 is 0 Å². The van der Waals surface area contributed by atoms with Gasteiger partial charge in [-0.05, 0) is 31.0 Å². The molecule has 0 saturated heterocycles. The fourth-order valence-electron chi connectivity index (χ4n) is 1.47. The topological polar surface area (TPSA) is 62.1 Å². The lowest BCUT2D eigenvalue weighted by atomic mass is 10.2. The summed E-state index contributed by atoms with van der Waals surface area (Å²) in [7, 11) is 0. The fraction of sp³-hybridized carbons (Fsp3) is 0.385. The summed E-state index contributed by atoms with van der Waals surface area (Å²) in [5, 5.41) is 11.4. The Bertz CT molecular complexity index is 492. The van der Waals surface area contributed by atoms with Crippen LogP contribution in [0.15, 0.2) is 18.2 Å². The summed E-state index contributed by atoms with van der Waals surface area (Å²) < 4.78 is 18.6. The Morgan fingerprint density at radius 2 is 2.33 bits per heavy atom. The molecule has 4 nitrogen and oxygen atoms in total. The minimum absolute atomic E-state index is 0.0632. The summed E-state index contributed by atoms with van der Waals surface area (Å²) in [6, 6.07) is 6.14. The third-order valence-electron chi connectivity index (χ3n) is 2.59. The van der Waals surface area contributed by atoms with E-state index in [0.29, 0.717) is 6.04 Å². The van der Waals surface area contributed by atoms with Crippen LogP contribution in [0.1, 0.15) is 24.8 Å². The molecule has 0 atom stereocenters. The number of halogens is 1. The molecule has 94 valence electrons. The van der Waals surface area contributed by atoms with Crippen molar-refractivity contribution in [3.8, 4) is 11.8 Å². The molecule has 0 unspecified atom stereocenters. The fourth-order valence-corrected chi connectivity index (χ4v) is 1.47. The van der Waals surface area contributed by atoms with Crippen LogP contribution in [0.2, 0.25) is 0 Å². The van der Waals surface area contributed by atoms with Crippen LogP contribution in [-0.4, -0.2) is 18.6 Å². The maximum atomic E-state index is 13.4. The van der Waals surface area contributed by atoms with Crippen molar-refractivity contribution in [3.63, 3.8) is 0 Å². The van der Waals surface area contributed by atoms with Gasteiger partial charge in [-0.2, -0.15) is 5.26 Å². The van der Waals surface area contributed by atoms with E-state index in [1.807, 2.05) is 6.07 Å². The van der Waals surface area contributed by atoms with Crippen molar-refractivity contribution in [1.82, 2.24) is 5.32 Å². The maximum absolute atomic E-state index is 13.4. The minimum atomic E-state index is -0.586. The number of benzene rings is 1. The van der Waals surface area contributed by atoms with E-state index in [9.17, 15) is 9.18 Å². The van der Waals surface area contributed by atoms with Crippen LogP contribution in [0.5, 0.6) is 5.75 Å². The molecule has 1 N–H and O–H groups in total. The van der Waals surface area contributed by atoms with E-state index in [1.165, 1.54) is 12.1 Å². The van der Waals surface area contributed by atoms with E-state index < -0.39 is 5.82 Å². The molecule has 1 fully saturated rings. The Kier molecular flexibility index (Phi) is 3.78. The van der Waals surface area contributed by atoms with Gasteiger partial charge in [0.25, 0.3) is 0 Å². The molecule has 2 rings (SSSR count). The number of carbonyl (C=O) groups excluding carboxylic acids is 1. The number of hydrogen-bond acceptors (Lipinski definition) is 3. The highest BCUT2D eigenvalue weighted by atomic mass is 19.1. The second kappa shape index (κ2) is 5.50. The number of rotatable bonds is 5. The SMILES string of the molecule is N#Cc1ccc(OCCC(=O)NC2CC2)c(F)c1. The van der Waals surface area contributed by atoms with Crippen LogP contribution in [0.3, 0.4) is 0 Å². The average Bonchev–Trinajstić information content (AvgIpc) is 3.15. The average molecular weight is 248 g/mol. The molecular weight excluding hydrogens is 235 g/mol. The molecule has 1 aliphatic carbocycles. The number of nitriles is 1. The smallest absolute Gasteiger partial charge is 0.223 e. The van der Waals surface area contributed by atoms with E-state index in [1.54, 1.807) is 0 Å². The highest BCUT2D eigenvalue weighted by molar-refractivity contribution is 5.76. The van der Waals surface area contributed by atoms with E-state index >= 15 is 0 Å². The maximum Gasteiger partial charge on any atom is 0.223 e. The second-order valence-corrected chi connectivity index (χ2v) is 4.20. The largest absolute Gasteiger partial charge is 0.490 e. The van der Waals surface area contributed by atoms with Gasteiger partial charge in [0.2, 0.25) is 5.91 Å². The van der Waals surface area contributed by atoms with Crippen molar-refractivity contribution in [2.24, 2.45) is 0 Å². The summed E-state index contributed by atoms with van der Waals surface area (Å²) in [5.41, 5.74) is 0.242. The van der Waals surface area contributed by atoms with Crippen LogP contribution in [0.4, 0.5) is 4.39 Å². The third-order valence-corrected chi connectivity index (χ3v) is 2.59. The number of carbonyl (C=O) groups is 1. The van der Waals surface area contributed by atoms with Crippen LogP contribution < -0.4 is 10.1 Å². The molecule has 18 heavy (non-hydrogen) atoms. The number of ether oxygens (including phenoxy) is 1. The van der Waals surface area contributed by atoms with E-state index in [-0.39, 0.29) is 30.2 Å². The van der Waals surface area contributed by atoms with Gasteiger partial charge in [-0.15, -0.1) is 0 Å². The zero-order chi connectivity index (χ0) is 13.0. The van der Waals surface area contributed by atoms with Crippen molar-refractivity contribution in [1.29, 1.82) is 5.26 Å². The highest BCUT2D eigenvalue weighted by Gasteiger charge is 2.22. The lowest BCUT2D eigenvalue weighted by Gasteiger charge is -2.07. The molecule has 0 aliphatic heterocycles. The Morgan fingerprint density at radius 3 is 2.94 bits per heavy atom. The first-order chi connectivity index (χ1) is 8.69. The first-order valence-electron chi connectivity index (χ1n) is 5.81. The summed E-state index contributed by atoms with van der Waals surface area (Å²) >= 11 is 0. The molecule has 1 aromatic carbocycles. The Hall–Kier alpha value is -2.09. The first kappa shape index (κ1) is 12.4. The summed E-state index contributed by atoms with van der Waals surface area (Å²) in [6.07, 6.45) is 2.28. The van der Waals surface area contributed by atoms with Gasteiger partial charge in [-0.25, -0.2) is 4.39 Å². The van der Waals surface area contributed by atoms with Gasteiger partial charge in [0.15, 0.2) is 11.6 Å². The molecular formula is C13H13FN2O2. The van der Waals surface area contributed by atoms with Crippen molar-refractivity contribution >= 4 is 5.91 Å². The predicted octanol–water partition coefficient (Wildman–Crippen LogP) is 1.74. The number of hydrogen-bond donors (Lipinski definition) is 1. The van der Waals surface area contributed by atoms with Crippen molar-refractivity contribution in [2.45, 2.75) is 25.3 Å². The second-order valence-electron chi connectivity index (χ2n) is 4.20. The van der Waals surface area contributed by atoms with Crippen LogP contribution in [-0.2, 0) is 4.79 Å². The van der Waals surface area contributed by atoms with Crippen molar-refractivity contribution in [3.05, 3.63) is 29.6 Å². The Labute approximate surface area is 104 Å². The number of nitrogens with one attached hydrogen (secondary N) is 1. The normalized spacial score (nSPS) is 13.8. The van der Waals surface area contributed by atoms with Crippen LogP contribution in [0.25, 0.3) is 0 Å². The summed E-state index contributed by atoms with van der Waals surface area (Å²) in [6.45, 7) is 0.126. The highest BCUT2D eigenvalue weighted by Crippen LogP contribution is 2.19. The molecule has 1 amide bonds. The van der Waals surface area contributed by atoms with Gasteiger partial charge in [0.05, 0.1) is 24.7 Å². The molecule has 0 spiro atoms. The Balaban J connectivity index is 1.79. The summed E-state index contributed by atoms with van der Waals surface area (Å²) in [5.74, 6) is -0.601. The van der Waals surface area contributed by atoms with Gasteiger partial charge in [0.1, 0.15) is 0 Å². The monoisotopic (exact) mass is 248 g/mol. The molecule has 0 aromatic heterocycles. The lowest BCUT2D eigenvalue weighted by Crippen LogP contribution is -2.26.